The van der Waals surface area contributed by atoms with Gasteiger partial charge in [0.05, 0.1) is 22.4 Å². The van der Waals surface area contributed by atoms with Crippen LogP contribution in [0.5, 0.6) is 0 Å². The van der Waals surface area contributed by atoms with Crippen LogP contribution < -0.4 is 10.4 Å². The van der Waals surface area contributed by atoms with E-state index in [9.17, 15) is 0 Å². The molecule has 7 aromatic carbocycles. The predicted molar refractivity (Wildman–Crippen MR) is 220 cm³/mol. The van der Waals surface area contributed by atoms with Gasteiger partial charge in [-0.3, -0.25) is 0 Å². The van der Waals surface area contributed by atoms with Crippen molar-refractivity contribution in [3.8, 4) is 61.8 Å². The van der Waals surface area contributed by atoms with E-state index in [1.807, 2.05) is 0 Å². The number of benzene rings is 7. The Kier molecular flexibility index (Phi) is 6.95. The summed E-state index contributed by atoms with van der Waals surface area (Å²) in [7, 11) is -2.01. The van der Waals surface area contributed by atoms with E-state index < -0.39 is 8.07 Å². The summed E-state index contributed by atoms with van der Waals surface area (Å²) in [6.07, 6.45) is 0. The molecule has 0 N–H and O–H groups in total. The molecule has 1 aliphatic heterocycles. The number of nitrogens with zero attached hydrogens (tertiary/aromatic N) is 3. The van der Waals surface area contributed by atoms with E-state index >= 15 is 0 Å². The Balaban J connectivity index is 1.08. The highest BCUT2D eigenvalue weighted by Crippen LogP contribution is 2.37. The molecule has 246 valence electrons. The van der Waals surface area contributed by atoms with Gasteiger partial charge in [0.1, 0.15) is 8.07 Å². The summed E-state index contributed by atoms with van der Waals surface area (Å²) in [4.78, 5) is 10.7. The highest BCUT2D eigenvalue weighted by atomic mass is 28.3. The van der Waals surface area contributed by atoms with Crippen molar-refractivity contribution in [1.82, 2.24) is 14.5 Å². The van der Waals surface area contributed by atoms with Gasteiger partial charge >= 0.3 is 0 Å². The Morgan fingerprint density at radius 2 is 0.981 bits per heavy atom. The zero-order valence-electron chi connectivity index (χ0n) is 29.1. The van der Waals surface area contributed by atoms with Crippen molar-refractivity contribution >= 4 is 40.3 Å². The number of hydrogen-bond donors (Lipinski definition) is 0. The Labute approximate surface area is 304 Å². The van der Waals surface area contributed by atoms with E-state index in [0.717, 1.165) is 39.5 Å². The minimum absolute atomic E-state index is 0.761. The van der Waals surface area contributed by atoms with Gasteiger partial charge in [0, 0.05) is 27.6 Å². The first-order valence-corrected chi connectivity index (χ1v) is 20.9. The first-order chi connectivity index (χ1) is 25.5. The van der Waals surface area contributed by atoms with Gasteiger partial charge in [-0.2, -0.15) is 0 Å². The highest BCUT2D eigenvalue weighted by Gasteiger charge is 2.41. The van der Waals surface area contributed by atoms with Gasteiger partial charge < -0.3 is 4.57 Å². The zero-order valence-corrected chi connectivity index (χ0v) is 30.1. The molecule has 52 heavy (non-hydrogen) atoms. The van der Waals surface area contributed by atoms with Crippen LogP contribution in [0.1, 0.15) is 0 Å². The number of rotatable bonds is 5. The maximum Gasteiger partial charge on any atom is 0.160 e. The largest absolute Gasteiger partial charge is 0.309 e. The maximum absolute atomic E-state index is 5.36. The van der Waals surface area contributed by atoms with E-state index in [1.165, 1.54) is 54.6 Å². The monoisotopic (exact) mass is 681 g/mol. The van der Waals surface area contributed by atoms with Crippen molar-refractivity contribution in [3.63, 3.8) is 0 Å². The number of para-hydroxylation sites is 2. The summed E-state index contributed by atoms with van der Waals surface area (Å²) < 4.78 is 2.36. The van der Waals surface area contributed by atoms with Crippen LogP contribution >= 0.6 is 0 Å². The Hall–Kier alpha value is -6.36. The first-order valence-electron chi connectivity index (χ1n) is 17.9. The third kappa shape index (κ3) is 4.79. The van der Waals surface area contributed by atoms with Crippen molar-refractivity contribution in [1.29, 1.82) is 0 Å². The number of hydrogen-bond acceptors (Lipinski definition) is 2. The molecule has 2 aromatic heterocycles. The van der Waals surface area contributed by atoms with Crippen LogP contribution in [0.25, 0.3) is 83.6 Å². The van der Waals surface area contributed by atoms with Crippen LogP contribution in [0.2, 0.25) is 13.1 Å². The van der Waals surface area contributed by atoms with E-state index in [0.29, 0.717) is 0 Å². The van der Waals surface area contributed by atoms with Crippen LogP contribution in [0, 0.1) is 0 Å². The Bertz CT molecular complexity index is 2820. The summed E-state index contributed by atoms with van der Waals surface area (Å²) in [5, 5.41) is 5.27. The summed E-state index contributed by atoms with van der Waals surface area (Å²) in [6.45, 7) is 4.86. The summed E-state index contributed by atoms with van der Waals surface area (Å²) in [5.74, 6) is 0.761. The molecule has 0 radical (unpaired) electrons. The van der Waals surface area contributed by atoms with Crippen LogP contribution in [0.4, 0.5) is 0 Å². The van der Waals surface area contributed by atoms with E-state index in [-0.39, 0.29) is 0 Å². The zero-order chi connectivity index (χ0) is 34.8. The lowest BCUT2D eigenvalue weighted by molar-refractivity contribution is 1.18. The van der Waals surface area contributed by atoms with Gasteiger partial charge in [-0.15, -0.1) is 0 Å². The van der Waals surface area contributed by atoms with Crippen molar-refractivity contribution < 1.29 is 0 Å². The molecular formula is C48H35N3Si. The average Bonchev–Trinajstić information content (AvgIpc) is 3.66. The normalized spacial score (nSPS) is 13.0. The molecule has 0 fully saturated rings. The van der Waals surface area contributed by atoms with E-state index in [4.69, 9.17) is 9.97 Å². The van der Waals surface area contributed by atoms with Crippen molar-refractivity contribution in [2.45, 2.75) is 13.1 Å². The highest BCUT2D eigenvalue weighted by molar-refractivity contribution is 7.04. The summed E-state index contributed by atoms with van der Waals surface area (Å²) >= 11 is 0. The molecule has 0 saturated heterocycles. The van der Waals surface area contributed by atoms with Crippen molar-refractivity contribution in [2.24, 2.45) is 0 Å². The van der Waals surface area contributed by atoms with Gasteiger partial charge in [-0.25, -0.2) is 9.97 Å². The fourth-order valence-corrected chi connectivity index (χ4v) is 11.5. The molecule has 1 aliphatic rings. The molecule has 0 saturated carbocycles. The predicted octanol–water partition coefficient (Wildman–Crippen LogP) is 11.0. The lowest BCUT2D eigenvalue weighted by Gasteiger charge is -2.21. The molecule has 0 unspecified atom stereocenters. The van der Waals surface area contributed by atoms with Crippen LogP contribution in [0.3, 0.4) is 0 Å². The van der Waals surface area contributed by atoms with Gasteiger partial charge in [0.2, 0.25) is 0 Å². The summed E-state index contributed by atoms with van der Waals surface area (Å²) in [5.41, 5.74) is 13.8. The van der Waals surface area contributed by atoms with E-state index in [2.05, 4.69) is 194 Å². The second-order valence-electron chi connectivity index (χ2n) is 14.2. The fourth-order valence-electron chi connectivity index (χ4n) is 8.27. The molecule has 3 heterocycles. The Morgan fingerprint density at radius 1 is 0.423 bits per heavy atom. The standard InChI is InChI=1S/C48H35N3Si/c1-52(2)44-26-12-10-24-40(44)46-47(52)45(32-15-5-3-6-16-32)49-48(50-46)37-20-14-19-35(30-37)33-17-13-18-34(29-33)36-27-28-43-41(31-36)39-23-9-11-25-42(39)51(43)38-21-7-4-8-22-38/h3-31H,1-2H3. The quantitative estimate of drug-likeness (QED) is 0.169. The lowest BCUT2D eigenvalue weighted by Crippen LogP contribution is -2.50. The Morgan fingerprint density at radius 3 is 1.75 bits per heavy atom. The molecule has 10 rings (SSSR count). The SMILES string of the molecule is C[Si]1(C)c2ccccc2-c2nc(-c3cccc(-c4cccc(-c5ccc6c(c5)c5ccccc5n6-c5ccccc5)c4)c3)nc(-c3ccccc3)c21. The molecular weight excluding hydrogens is 647 g/mol. The van der Waals surface area contributed by atoms with Crippen molar-refractivity contribution in [2.75, 3.05) is 0 Å². The molecule has 0 spiro atoms. The smallest absolute Gasteiger partial charge is 0.160 e. The molecule has 0 amide bonds. The molecule has 0 atom stereocenters. The molecule has 4 heteroatoms. The van der Waals surface area contributed by atoms with E-state index in [1.54, 1.807) is 0 Å². The second kappa shape index (κ2) is 11.9. The molecule has 3 nitrogen and oxygen atoms in total. The van der Waals surface area contributed by atoms with Gasteiger partial charge in [-0.1, -0.05) is 147 Å². The van der Waals surface area contributed by atoms with Gasteiger partial charge in [0.15, 0.2) is 5.82 Å². The lowest BCUT2D eigenvalue weighted by atomic mass is 9.97. The first kappa shape index (κ1) is 30.5. The summed E-state index contributed by atoms with van der Waals surface area (Å²) in [6, 6.07) is 63.2. The minimum atomic E-state index is -2.01. The van der Waals surface area contributed by atoms with Gasteiger partial charge in [0.25, 0.3) is 0 Å². The molecule has 0 aliphatic carbocycles. The minimum Gasteiger partial charge on any atom is -0.309 e. The average molecular weight is 682 g/mol. The molecule has 0 bridgehead atoms. The topological polar surface area (TPSA) is 30.7 Å². The number of aromatic nitrogens is 3. The van der Waals surface area contributed by atoms with Crippen LogP contribution in [-0.4, -0.2) is 22.6 Å². The van der Waals surface area contributed by atoms with Crippen LogP contribution in [-0.2, 0) is 0 Å². The van der Waals surface area contributed by atoms with Crippen molar-refractivity contribution in [3.05, 3.63) is 176 Å². The maximum atomic E-state index is 5.36. The third-order valence-corrected chi connectivity index (χ3v) is 14.3. The van der Waals surface area contributed by atoms with Gasteiger partial charge in [-0.05, 0) is 80.7 Å². The fraction of sp³-hybridized carbons (Fsp3) is 0.0417. The van der Waals surface area contributed by atoms with Crippen LogP contribution in [0.15, 0.2) is 176 Å². The number of fused-ring (bicyclic) bond motifs is 6. The third-order valence-electron chi connectivity index (χ3n) is 10.8. The second-order valence-corrected chi connectivity index (χ2v) is 18.5. The molecule has 9 aromatic rings.